The van der Waals surface area contributed by atoms with E-state index in [1.165, 1.54) is 4.90 Å². The molecule has 120 valence electrons. The van der Waals surface area contributed by atoms with E-state index in [1.807, 2.05) is 18.4 Å². The van der Waals surface area contributed by atoms with Crippen LogP contribution in [0.2, 0.25) is 0 Å². The van der Waals surface area contributed by atoms with E-state index in [0.717, 1.165) is 5.75 Å². The summed E-state index contributed by atoms with van der Waals surface area (Å²) in [5, 5.41) is 2.72. The van der Waals surface area contributed by atoms with Crippen molar-refractivity contribution in [1.29, 1.82) is 0 Å². The number of benzene rings is 1. The zero-order valence-electron chi connectivity index (χ0n) is 12.6. The van der Waals surface area contributed by atoms with Gasteiger partial charge in [0, 0.05) is 18.3 Å². The van der Waals surface area contributed by atoms with Crippen LogP contribution in [-0.4, -0.2) is 48.0 Å². The molecule has 1 atom stereocenters. The number of hydrogen-bond acceptors (Lipinski definition) is 5. The van der Waals surface area contributed by atoms with Gasteiger partial charge in [-0.15, -0.1) is 0 Å². The Morgan fingerprint density at radius 2 is 2.23 bits per heavy atom. The van der Waals surface area contributed by atoms with Crippen molar-refractivity contribution in [2.24, 2.45) is 0 Å². The third-order valence-corrected chi connectivity index (χ3v) is 4.01. The second-order valence-corrected chi connectivity index (χ2v) is 6.03. The monoisotopic (exact) mass is 323 g/mol. The van der Waals surface area contributed by atoms with E-state index < -0.39 is 0 Å². The highest BCUT2D eigenvalue weighted by Crippen LogP contribution is 2.15. The van der Waals surface area contributed by atoms with Crippen molar-refractivity contribution in [3.05, 3.63) is 24.3 Å². The lowest BCUT2D eigenvalue weighted by atomic mass is 10.2. The number of anilines is 1. The van der Waals surface area contributed by atoms with Crippen molar-refractivity contribution in [3.8, 4) is 5.75 Å². The van der Waals surface area contributed by atoms with Crippen LogP contribution in [0.1, 0.15) is 12.8 Å². The van der Waals surface area contributed by atoms with Crippen molar-refractivity contribution < 1.29 is 14.3 Å². The Kier molecular flexibility index (Phi) is 5.94. The van der Waals surface area contributed by atoms with E-state index in [2.05, 4.69) is 5.32 Å². The fourth-order valence-electron chi connectivity index (χ4n) is 2.24. The van der Waals surface area contributed by atoms with Crippen LogP contribution in [0, 0.1) is 0 Å². The summed E-state index contributed by atoms with van der Waals surface area (Å²) in [6.45, 7) is 0.790. The van der Waals surface area contributed by atoms with E-state index >= 15 is 0 Å². The highest BCUT2D eigenvalue weighted by molar-refractivity contribution is 7.98. The van der Waals surface area contributed by atoms with Crippen molar-refractivity contribution in [1.82, 2.24) is 10.2 Å². The summed E-state index contributed by atoms with van der Waals surface area (Å²) in [6.07, 6.45) is 3.23. The molecule has 1 aromatic rings. The number of amides is 3. The molecule has 22 heavy (non-hydrogen) atoms. The SMILES string of the molecule is CSCCC1NC(=O)N(CCCOc2cccc(N)c2)C1=O. The number of ether oxygens (including phenoxy) is 1. The van der Waals surface area contributed by atoms with E-state index in [0.29, 0.717) is 37.4 Å². The highest BCUT2D eigenvalue weighted by atomic mass is 32.2. The normalized spacial score (nSPS) is 17.7. The number of nitrogens with one attached hydrogen (secondary N) is 1. The number of rotatable bonds is 8. The Labute approximate surface area is 134 Å². The molecule has 2 rings (SSSR count). The molecule has 3 N–H and O–H groups in total. The molecule has 1 aliphatic heterocycles. The van der Waals surface area contributed by atoms with Crippen molar-refractivity contribution in [2.75, 3.05) is 30.9 Å². The number of carbonyl (C=O) groups excluding carboxylic acids is 2. The molecule has 0 aromatic heterocycles. The standard InChI is InChI=1S/C15H21N3O3S/c1-22-9-6-13-14(19)18(15(20)17-13)7-3-8-21-12-5-2-4-11(16)10-12/h2,4-5,10,13H,3,6-9,16H2,1H3,(H,17,20). The number of nitrogens with two attached hydrogens (primary N) is 1. The molecule has 0 spiro atoms. The van der Waals surface area contributed by atoms with E-state index in [4.69, 9.17) is 10.5 Å². The Bertz CT molecular complexity index is 539. The Morgan fingerprint density at radius 1 is 1.41 bits per heavy atom. The minimum absolute atomic E-state index is 0.136. The molecule has 1 unspecified atom stereocenters. The fourth-order valence-corrected chi connectivity index (χ4v) is 2.71. The van der Waals surface area contributed by atoms with Gasteiger partial charge in [-0.2, -0.15) is 11.8 Å². The predicted octanol–water partition coefficient (Wildman–Crippen LogP) is 1.71. The number of imide groups is 1. The summed E-state index contributed by atoms with van der Waals surface area (Å²) < 4.78 is 5.56. The average Bonchev–Trinajstić information content (AvgIpc) is 2.76. The number of nitrogens with zero attached hydrogens (tertiary/aromatic N) is 1. The van der Waals surface area contributed by atoms with Gasteiger partial charge in [-0.3, -0.25) is 9.69 Å². The average molecular weight is 323 g/mol. The van der Waals surface area contributed by atoms with Crippen molar-refractivity contribution >= 4 is 29.4 Å². The predicted molar refractivity (Wildman–Crippen MR) is 88.0 cm³/mol. The lowest BCUT2D eigenvalue weighted by molar-refractivity contribution is -0.127. The van der Waals surface area contributed by atoms with E-state index in [1.54, 1.807) is 23.9 Å². The molecule has 7 heteroatoms. The van der Waals surface area contributed by atoms with Gasteiger partial charge in [0.2, 0.25) is 0 Å². The van der Waals surface area contributed by atoms with Gasteiger partial charge >= 0.3 is 6.03 Å². The molecule has 1 saturated heterocycles. The molecule has 1 fully saturated rings. The fraction of sp³-hybridized carbons (Fsp3) is 0.467. The maximum absolute atomic E-state index is 12.1. The summed E-state index contributed by atoms with van der Waals surface area (Å²) in [7, 11) is 0. The first-order chi connectivity index (χ1) is 10.6. The van der Waals surface area contributed by atoms with Crippen LogP contribution in [0.5, 0.6) is 5.75 Å². The van der Waals surface area contributed by atoms with Crippen LogP contribution in [0.15, 0.2) is 24.3 Å². The topological polar surface area (TPSA) is 84.7 Å². The van der Waals surface area contributed by atoms with Crippen LogP contribution in [0.4, 0.5) is 10.5 Å². The van der Waals surface area contributed by atoms with Gasteiger partial charge in [0.25, 0.3) is 5.91 Å². The maximum Gasteiger partial charge on any atom is 0.324 e. The second-order valence-electron chi connectivity index (χ2n) is 5.05. The van der Waals surface area contributed by atoms with Crippen molar-refractivity contribution in [3.63, 3.8) is 0 Å². The molecule has 0 bridgehead atoms. The first kappa shape index (κ1) is 16.5. The summed E-state index contributed by atoms with van der Waals surface area (Å²) >= 11 is 1.66. The van der Waals surface area contributed by atoms with Gasteiger partial charge in [-0.25, -0.2) is 4.79 Å². The van der Waals surface area contributed by atoms with E-state index in [-0.39, 0.29) is 18.0 Å². The van der Waals surface area contributed by atoms with Crippen LogP contribution < -0.4 is 15.8 Å². The molecular weight excluding hydrogens is 302 g/mol. The number of thioether (sulfide) groups is 1. The third-order valence-electron chi connectivity index (χ3n) is 3.37. The molecule has 0 aliphatic carbocycles. The van der Waals surface area contributed by atoms with Gasteiger partial charge < -0.3 is 15.8 Å². The zero-order chi connectivity index (χ0) is 15.9. The third kappa shape index (κ3) is 4.30. The smallest absolute Gasteiger partial charge is 0.324 e. The van der Waals surface area contributed by atoms with Gasteiger partial charge in [0.1, 0.15) is 11.8 Å². The molecule has 1 aromatic carbocycles. The second kappa shape index (κ2) is 7.93. The molecule has 1 heterocycles. The lowest BCUT2D eigenvalue weighted by Crippen LogP contribution is -2.33. The molecule has 0 radical (unpaired) electrons. The van der Waals surface area contributed by atoms with Gasteiger partial charge in [0.05, 0.1) is 6.61 Å². The van der Waals surface area contributed by atoms with Crippen LogP contribution in [0.3, 0.4) is 0 Å². The first-order valence-electron chi connectivity index (χ1n) is 7.21. The quantitative estimate of drug-likeness (QED) is 0.432. The first-order valence-corrected chi connectivity index (χ1v) is 8.60. The molecule has 1 aliphatic rings. The van der Waals surface area contributed by atoms with Crippen LogP contribution in [0.25, 0.3) is 0 Å². The molecule has 0 saturated carbocycles. The Hall–Kier alpha value is -1.89. The lowest BCUT2D eigenvalue weighted by Gasteiger charge is -2.13. The Balaban J connectivity index is 1.74. The largest absolute Gasteiger partial charge is 0.493 e. The molecule has 3 amide bonds. The minimum atomic E-state index is -0.380. The van der Waals surface area contributed by atoms with Crippen molar-refractivity contribution in [2.45, 2.75) is 18.9 Å². The summed E-state index contributed by atoms with van der Waals surface area (Å²) in [5.41, 5.74) is 6.31. The molecular formula is C15H21N3O3S. The van der Waals surface area contributed by atoms with Gasteiger partial charge in [-0.05, 0) is 37.0 Å². The highest BCUT2D eigenvalue weighted by Gasteiger charge is 2.36. The minimum Gasteiger partial charge on any atom is -0.493 e. The summed E-state index contributed by atoms with van der Waals surface area (Å²) in [5.74, 6) is 1.40. The maximum atomic E-state index is 12.1. The van der Waals surface area contributed by atoms with Gasteiger partial charge in [-0.1, -0.05) is 6.07 Å². The van der Waals surface area contributed by atoms with Crippen LogP contribution in [-0.2, 0) is 4.79 Å². The summed E-state index contributed by atoms with van der Waals surface area (Å²) in [4.78, 5) is 25.2. The number of carbonyl (C=O) groups is 2. The van der Waals surface area contributed by atoms with Crippen LogP contribution >= 0.6 is 11.8 Å². The van der Waals surface area contributed by atoms with Gasteiger partial charge in [0.15, 0.2) is 0 Å². The summed E-state index contributed by atoms with van der Waals surface area (Å²) in [6, 6.07) is 6.48. The molecule has 6 nitrogen and oxygen atoms in total. The number of urea groups is 1. The Morgan fingerprint density at radius 3 is 2.95 bits per heavy atom. The van der Waals surface area contributed by atoms with E-state index in [9.17, 15) is 9.59 Å². The number of nitrogen functional groups attached to an aromatic ring is 1. The zero-order valence-corrected chi connectivity index (χ0v) is 13.4. The number of hydrogen-bond donors (Lipinski definition) is 2.